The van der Waals surface area contributed by atoms with Crippen LogP contribution in [0, 0.1) is 5.92 Å². The molecule has 0 heterocycles. The minimum Gasteiger partial charge on any atom is -0.311 e. The molecule has 0 amide bonds. The zero-order valence-corrected chi connectivity index (χ0v) is 8.56. The molecule has 70 valence electrons. The zero-order valence-electron chi connectivity index (χ0n) is 8.56. The van der Waals surface area contributed by atoms with Crippen molar-refractivity contribution in [2.24, 2.45) is 5.92 Å². The zero-order chi connectivity index (χ0) is 8.97. The Hall–Kier alpha value is -0.300. The summed E-state index contributed by atoms with van der Waals surface area (Å²) in [5.41, 5.74) is 1.44. The predicted octanol–water partition coefficient (Wildman–Crippen LogP) is 2.73. The van der Waals surface area contributed by atoms with Crippen molar-refractivity contribution in [1.82, 2.24) is 5.32 Å². The largest absolute Gasteiger partial charge is 0.311 e. The van der Waals surface area contributed by atoms with E-state index < -0.39 is 0 Å². The van der Waals surface area contributed by atoms with Gasteiger partial charge >= 0.3 is 0 Å². The van der Waals surface area contributed by atoms with E-state index in [9.17, 15) is 0 Å². The normalized spacial score (nSPS) is 19.9. The lowest BCUT2D eigenvalue weighted by atomic mass is 9.79. The summed E-state index contributed by atoms with van der Waals surface area (Å²) in [7, 11) is 0. The van der Waals surface area contributed by atoms with Crippen LogP contribution in [0.2, 0.25) is 0 Å². The van der Waals surface area contributed by atoms with Crippen LogP contribution in [0.3, 0.4) is 0 Å². The van der Waals surface area contributed by atoms with Crippen molar-refractivity contribution in [1.29, 1.82) is 0 Å². The fraction of sp³-hybridized carbons (Fsp3) is 0.818. The molecule has 1 rings (SSSR count). The summed E-state index contributed by atoms with van der Waals surface area (Å²) in [5.74, 6) is 0.917. The topological polar surface area (TPSA) is 12.0 Å². The van der Waals surface area contributed by atoms with Crippen LogP contribution in [0.25, 0.3) is 0 Å². The fourth-order valence-electron chi connectivity index (χ4n) is 1.76. The monoisotopic (exact) mass is 167 g/mol. The van der Waals surface area contributed by atoms with Gasteiger partial charge in [-0.25, -0.2) is 0 Å². The lowest BCUT2D eigenvalue weighted by Crippen LogP contribution is -2.38. The van der Waals surface area contributed by atoms with Gasteiger partial charge in [0, 0.05) is 6.04 Å². The molecule has 1 nitrogen and oxygen atoms in total. The van der Waals surface area contributed by atoms with E-state index in [-0.39, 0.29) is 0 Å². The summed E-state index contributed by atoms with van der Waals surface area (Å²) in [6.07, 6.45) is 6.65. The average molecular weight is 167 g/mol. The number of nitrogens with one attached hydrogen (secondary N) is 1. The van der Waals surface area contributed by atoms with Crippen LogP contribution >= 0.6 is 0 Å². The second-order valence-electron chi connectivity index (χ2n) is 4.02. The highest BCUT2D eigenvalue weighted by Crippen LogP contribution is 2.30. The molecule has 1 aliphatic rings. The van der Waals surface area contributed by atoms with Crippen LogP contribution < -0.4 is 5.32 Å². The van der Waals surface area contributed by atoms with Crippen LogP contribution in [0.4, 0.5) is 0 Å². The van der Waals surface area contributed by atoms with E-state index in [1.54, 1.807) is 0 Å². The Morgan fingerprint density at radius 3 is 2.50 bits per heavy atom. The number of allylic oxidation sites excluding steroid dienone is 1. The van der Waals surface area contributed by atoms with E-state index in [0.29, 0.717) is 6.04 Å². The van der Waals surface area contributed by atoms with Crippen LogP contribution in [-0.2, 0) is 0 Å². The third-order valence-corrected chi connectivity index (χ3v) is 2.61. The molecule has 1 unspecified atom stereocenters. The van der Waals surface area contributed by atoms with Gasteiger partial charge in [-0.3, -0.25) is 0 Å². The van der Waals surface area contributed by atoms with Crippen molar-refractivity contribution >= 4 is 0 Å². The van der Waals surface area contributed by atoms with Gasteiger partial charge in [0.05, 0.1) is 0 Å². The van der Waals surface area contributed by atoms with Crippen LogP contribution in [-0.4, -0.2) is 12.6 Å². The van der Waals surface area contributed by atoms with E-state index in [1.165, 1.54) is 24.8 Å². The first kappa shape index (κ1) is 9.79. The summed E-state index contributed by atoms with van der Waals surface area (Å²) in [6, 6.07) is 0.647. The Kier molecular flexibility index (Phi) is 3.80. The van der Waals surface area contributed by atoms with Crippen molar-refractivity contribution in [3.8, 4) is 0 Å². The van der Waals surface area contributed by atoms with Crippen molar-refractivity contribution in [3.05, 3.63) is 11.6 Å². The highest BCUT2D eigenvalue weighted by Gasteiger charge is 2.24. The first-order valence-electron chi connectivity index (χ1n) is 5.12. The Balaban J connectivity index is 2.42. The van der Waals surface area contributed by atoms with Crippen molar-refractivity contribution in [3.63, 3.8) is 0 Å². The van der Waals surface area contributed by atoms with Crippen molar-refractivity contribution in [2.75, 3.05) is 6.54 Å². The minimum atomic E-state index is 0.647. The summed E-state index contributed by atoms with van der Waals surface area (Å²) in [5, 5.41) is 3.54. The van der Waals surface area contributed by atoms with Gasteiger partial charge in [0.2, 0.25) is 0 Å². The van der Waals surface area contributed by atoms with Crippen LogP contribution in [0.15, 0.2) is 11.6 Å². The van der Waals surface area contributed by atoms with E-state index in [2.05, 4.69) is 32.2 Å². The highest BCUT2D eigenvalue weighted by atomic mass is 14.9. The molecule has 12 heavy (non-hydrogen) atoms. The van der Waals surface area contributed by atoms with Gasteiger partial charge in [-0.15, -0.1) is 0 Å². The lowest BCUT2D eigenvalue weighted by molar-refractivity contribution is 0.261. The first-order valence-corrected chi connectivity index (χ1v) is 5.12. The second kappa shape index (κ2) is 4.66. The van der Waals surface area contributed by atoms with Gasteiger partial charge < -0.3 is 5.32 Å². The molecule has 0 bridgehead atoms. The molecule has 0 aromatic rings. The van der Waals surface area contributed by atoms with Gasteiger partial charge in [-0.05, 0) is 39.2 Å². The molecule has 1 heteroatoms. The third-order valence-electron chi connectivity index (χ3n) is 2.61. The molecule has 0 aromatic heterocycles. The number of hydrogen-bond donors (Lipinski definition) is 1. The predicted molar refractivity (Wildman–Crippen MR) is 54.2 cm³/mol. The molecule has 0 aromatic carbocycles. The fourth-order valence-corrected chi connectivity index (χ4v) is 1.76. The summed E-state index contributed by atoms with van der Waals surface area (Å²) in [4.78, 5) is 0. The number of hydrogen-bond acceptors (Lipinski definition) is 1. The molecule has 0 aliphatic heterocycles. The smallest absolute Gasteiger partial charge is 0.0280 e. The maximum atomic E-state index is 3.54. The SMILES string of the molecule is CCNC(C=C(C)C)C1CCC1. The van der Waals surface area contributed by atoms with E-state index in [4.69, 9.17) is 0 Å². The standard InChI is InChI=1S/C11H21N/c1-4-12-11(8-9(2)3)10-6-5-7-10/h8,10-12H,4-7H2,1-3H3. The molecule has 1 atom stereocenters. The minimum absolute atomic E-state index is 0.647. The molecular weight excluding hydrogens is 146 g/mol. The van der Waals surface area contributed by atoms with E-state index >= 15 is 0 Å². The Morgan fingerprint density at radius 2 is 2.17 bits per heavy atom. The van der Waals surface area contributed by atoms with Gasteiger partial charge in [0.15, 0.2) is 0 Å². The Labute approximate surface area is 76.2 Å². The summed E-state index contributed by atoms with van der Waals surface area (Å²) in [6.45, 7) is 7.64. The van der Waals surface area contributed by atoms with Crippen molar-refractivity contribution in [2.45, 2.75) is 46.1 Å². The highest BCUT2D eigenvalue weighted by molar-refractivity contribution is 5.04. The van der Waals surface area contributed by atoms with Crippen molar-refractivity contribution < 1.29 is 0 Å². The molecule has 1 aliphatic carbocycles. The Bertz CT molecular complexity index is 152. The van der Waals surface area contributed by atoms with E-state index in [0.717, 1.165) is 12.5 Å². The van der Waals surface area contributed by atoms with E-state index in [1.807, 2.05) is 0 Å². The molecule has 1 saturated carbocycles. The summed E-state index contributed by atoms with van der Waals surface area (Å²) < 4.78 is 0. The Morgan fingerprint density at radius 1 is 1.50 bits per heavy atom. The molecule has 1 N–H and O–H groups in total. The quantitative estimate of drug-likeness (QED) is 0.635. The molecule has 0 spiro atoms. The second-order valence-corrected chi connectivity index (χ2v) is 4.02. The maximum Gasteiger partial charge on any atom is 0.0280 e. The van der Waals surface area contributed by atoms with Gasteiger partial charge in [-0.2, -0.15) is 0 Å². The summed E-state index contributed by atoms with van der Waals surface area (Å²) >= 11 is 0. The average Bonchev–Trinajstić information content (AvgIpc) is 1.81. The third kappa shape index (κ3) is 2.63. The lowest BCUT2D eigenvalue weighted by Gasteiger charge is -2.32. The first-order chi connectivity index (χ1) is 5.74. The maximum absolute atomic E-state index is 3.54. The molecular formula is C11H21N. The number of likely N-dealkylation sites (N-methyl/N-ethyl adjacent to an activating group) is 1. The van der Waals surface area contributed by atoms with Crippen LogP contribution in [0.5, 0.6) is 0 Å². The van der Waals surface area contributed by atoms with Crippen LogP contribution in [0.1, 0.15) is 40.0 Å². The molecule has 0 saturated heterocycles. The molecule has 0 radical (unpaired) electrons. The van der Waals surface area contributed by atoms with Gasteiger partial charge in [0.25, 0.3) is 0 Å². The number of rotatable bonds is 4. The molecule has 1 fully saturated rings. The van der Waals surface area contributed by atoms with Gasteiger partial charge in [0.1, 0.15) is 0 Å². The van der Waals surface area contributed by atoms with Gasteiger partial charge in [-0.1, -0.05) is 25.0 Å².